The van der Waals surface area contributed by atoms with E-state index >= 15 is 0 Å². The molecule has 0 heterocycles. The average Bonchev–Trinajstić information content (AvgIpc) is 2.29. The lowest BCUT2D eigenvalue weighted by molar-refractivity contribution is 0.601. The standard InChI is InChI=1S/C13H11BrOS/c1-16(15)13-9-5-3-7-11(13)10-6-2-4-8-12(10)14/h2-9H,1H3. The molecular weight excluding hydrogens is 284 g/mol. The molecule has 2 rings (SSSR count). The molecule has 0 N–H and O–H groups in total. The van der Waals surface area contributed by atoms with Crippen LogP contribution in [0.5, 0.6) is 0 Å². The molecule has 1 nitrogen and oxygen atoms in total. The second-order valence-corrected chi connectivity index (χ2v) is 5.63. The lowest BCUT2D eigenvalue weighted by atomic mass is 10.1. The van der Waals surface area contributed by atoms with Gasteiger partial charge in [0.25, 0.3) is 0 Å². The van der Waals surface area contributed by atoms with Gasteiger partial charge in [0.15, 0.2) is 4.90 Å². The molecule has 0 amide bonds. The fourth-order valence-electron chi connectivity index (χ4n) is 1.62. The Hall–Kier alpha value is -0.770. The summed E-state index contributed by atoms with van der Waals surface area (Å²) in [5, 5.41) is 0. The number of hydrogen-bond acceptors (Lipinski definition) is 1. The first-order valence-electron chi connectivity index (χ1n) is 4.87. The highest BCUT2D eigenvalue weighted by Crippen LogP contribution is 2.32. The van der Waals surface area contributed by atoms with Gasteiger partial charge >= 0.3 is 0 Å². The quantitative estimate of drug-likeness (QED) is 0.772. The predicted octanol–water partition coefficient (Wildman–Crippen LogP) is 3.85. The highest BCUT2D eigenvalue weighted by atomic mass is 79.9. The average molecular weight is 295 g/mol. The van der Waals surface area contributed by atoms with Crippen molar-refractivity contribution in [1.82, 2.24) is 0 Å². The van der Waals surface area contributed by atoms with Crippen molar-refractivity contribution in [3.05, 3.63) is 53.0 Å². The van der Waals surface area contributed by atoms with Crippen LogP contribution in [0.2, 0.25) is 0 Å². The van der Waals surface area contributed by atoms with Crippen molar-refractivity contribution >= 4 is 27.1 Å². The van der Waals surface area contributed by atoms with Gasteiger partial charge in [0, 0.05) is 15.6 Å². The summed E-state index contributed by atoms with van der Waals surface area (Å²) in [6, 6.07) is 15.7. The van der Waals surface area contributed by atoms with E-state index in [4.69, 9.17) is 0 Å². The van der Waals surface area contributed by atoms with Crippen LogP contribution >= 0.6 is 15.9 Å². The van der Waals surface area contributed by atoms with Gasteiger partial charge in [-0.05, 0) is 29.4 Å². The molecule has 0 spiro atoms. The summed E-state index contributed by atoms with van der Waals surface area (Å²) in [5.41, 5.74) is 2.10. The maximum absolute atomic E-state index is 11.6. The van der Waals surface area contributed by atoms with Gasteiger partial charge in [0.05, 0.1) is 0 Å². The van der Waals surface area contributed by atoms with E-state index in [-0.39, 0.29) is 0 Å². The monoisotopic (exact) mass is 294 g/mol. The molecule has 16 heavy (non-hydrogen) atoms. The minimum atomic E-state index is -0.970. The summed E-state index contributed by atoms with van der Waals surface area (Å²) in [7, 11) is 0. The minimum absolute atomic E-state index is 0.870. The molecule has 1 unspecified atom stereocenters. The SMILES string of the molecule is C[S+]([O-])c1ccccc1-c1ccccc1Br. The molecule has 0 radical (unpaired) electrons. The molecule has 1 atom stereocenters. The van der Waals surface area contributed by atoms with E-state index in [9.17, 15) is 4.55 Å². The minimum Gasteiger partial charge on any atom is -0.612 e. The summed E-state index contributed by atoms with van der Waals surface area (Å²) in [6.45, 7) is 0. The van der Waals surface area contributed by atoms with E-state index in [1.165, 1.54) is 0 Å². The van der Waals surface area contributed by atoms with E-state index in [0.717, 1.165) is 20.5 Å². The van der Waals surface area contributed by atoms with Crippen molar-refractivity contribution in [2.75, 3.05) is 6.26 Å². The number of benzene rings is 2. The Labute approximate surface area is 107 Å². The first kappa shape index (κ1) is 11.7. The second-order valence-electron chi connectivity index (χ2n) is 3.43. The topological polar surface area (TPSA) is 23.1 Å². The smallest absolute Gasteiger partial charge is 0.160 e. The maximum atomic E-state index is 11.6. The zero-order valence-electron chi connectivity index (χ0n) is 8.81. The van der Waals surface area contributed by atoms with Crippen molar-refractivity contribution in [3.63, 3.8) is 0 Å². The van der Waals surface area contributed by atoms with Gasteiger partial charge in [-0.2, -0.15) is 0 Å². The van der Waals surface area contributed by atoms with Crippen molar-refractivity contribution in [2.24, 2.45) is 0 Å². The number of halogens is 1. The number of hydrogen-bond donors (Lipinski definition) is 0. The molecule has 0 aromatic heterocycles. The van der Waals surface area contributed by atoms with Crippen LogP contribution in [0.4, 0.5) is 0 Å². The van der Waals surface area contributed by atoms with Crippen LogP contribution in [0.3, 0.4) is 0 Å². The van der Waals surface area contributed by atoms with Crippen LogP contribution in [0.1, 0.15) is 0 Å². The first-order valence-corrected chi connectivity index (χ1v) is 7.22. The molecule has 0 aliphatic carbocycles. The van der Waals surface area contributed by atoms with E-state index in [0.29, 0.717) is 0 Å². The van der Waals surface area contributed by atoms with Gasteiger partial charge in [0.1, 0.15) is 6.26 Å². The second kappa shape index (κ2) is 5.04. The van der Waals surface area contributed by atoms with Crippen molar-refractivity contribution in [3.8, 4) is 11.1 Å². The molecule has 0 aliphatic heterocycles. The van der Waals surface area contributed by atoms with E-state index in [1.54, 1.807) is 6.26 Å². The summed E-state index contributed by atoms with van der Waals surface area (Å²) in [4.78, 5) is 0.870. The normalized spacial score (nSPS) is 12.4. The maximum Gasteiger partial charge on any atom is 0.160 e. The summed E-state index contributed by atoms with van der Waals surface area (Å²) in [6.07, 6.45) is 1.70. The van der Waals surface area contributed by atoms with E-state index in [1.807, 2.05) is 48.5 Å². The van der Waals surface area contributed by atoms with Gasteiger partial charge in [0.2, 0.25) is 0 Å². The van der Waals surface area contributed by atoms with Gasteiger partial charge < -0.3 is 4.55 Å². The van der Waals surface area contributed by atoms with Gasteiger partial charge in [-0.1, -0.05) is 46.3 Å². The third-order valence-electron chi connectivity index (χ3n) is 2.36. The van der Waals surface area contributed by atoms with Crippen LogP contribution in [-0.4, -0.2) is 10.8 Å². The molecule has 2 aromatic rings. The molecular formula is C13H11BrOS. The zero-order chi connectivity index (χ0) is 11.5. The predicted molar refractivity (Wildman–Crippen MR) is 71.9 cm³/mol. The molecule has 0 fully saturated rings. The molecule has 2 aromatic carbocycles. The van der Waals surface area contributed by atoms with E-state index in [2.05, 4.69) is 15.9 Å². The molecule has 82 valence electrons. The Balaban J connectivity index is 2.60. The van der Waals surface area contributed by atoms with Crippen molar-refractivity contribution in [2.45, 2.75) is 4.90 Å². The van der Waals surface area contributed by atoms with Crippen molar-refractivity contribution < 1.29 is 4.55 Å². The fourth-order valence-corrected chi connectivity index (χ4v) is 2.88. The third-order valence-corrected chi connectivity index (χ3v) is 4.03. The number of rotatable bonds is 2. The molecule has 0 bridgehead atoms. The lowest BCUT2D eigenvalue weighted by Gasteiger charge is -2.11. The van der Waals surface area contributed by atoms with Gasteiger partial charge in [-0.15, -0.1) is 0 Å². The molecule has 0 aliphatic rings. The highest BCUT2D eigenvalue weighted by Gasteiger charge is 2.13. The Morgan fingerprint density at radius 2 is 1.50 bits per heavy atom. The fraction of sp³-hybridized carbons (Fsp3) is 0.0769. The largest absolute Gasteiger partial charge is 0.612 e. The molecule has 0 saturated heterocycles. The summed E-state index contributed by atoms with van der Waals surface area (Å²) >= 11 is 2.55. The highest BCUT2D eigenvalue weighted by molar-refractivity contribution is 9.10. The Kier molecular flexibility index (Phi) is 3.69. The van der Waals surface area contributed by atoms with Crippen LogP contribution in [0.15, 0.2) is 57.9 Å². The molecule has 0 saturated carbocycles. The first-order chi connectivity index (χ1) is 7.70. The Morgan fingerprint density at radius 1 is 0.938 bits per heavy atom. The molecule has 3 heteroatoms. The van der Waals surface area contributed by atoms with Crippen LogP contribution in [0, 0.1) is 0 Å². The van der Waals surface area contributed by atoms with Gasteiger partial charge in [-0.25, -0.2) is 0 Å². The lowest BCUT2D eigenvalue weighted by Crippen LogP contribution is -1.99. The van der Waals surface area contributed by atoms with Crippen LogP contribution in [-0.2, 0) is 11.2 Å². The Morgan fingerprint density at radius 3 is 2.12 bits per heavy atom. The van der Waals surface area contributed by atoms with Crippen molar-refractivity contribution in [1.29, 1.82) is 0 Å². The zero-order valence-corrected chi connectivity index (χ0v) is 11.2. The van der Waals surface area contributed by atoms with Crippen LogP contribution in [0.25, 0.3) is 11.1 Å². The van der Waals surface area contributed by atoms with E-state index < -0.39 is 11.2 Å². The van der Waals surface area contributed by atoms with Crippen LogP contribution < -0.4 is 0 Å². The Bertz CT molecular complexity index is 497. The van der Waals surface area contributed by atoms with Gasteiger partial charge in [-0.3, -0.25) is 0 Å². The summed E-state index contributed by atoms with van der Waals surface area (Å²) in [5.74, 6) is 0. The summed E-state index contributed by atoms with van der Waals surface area (Å²) < 4.78 is 12.7. The third kappa shape index (κ3) is 2.32.